The Balaban J connectivity index is 1.24. The van der Waals surface area contributed by atoms with Crippen LogP contribution in [0.2, 0.25) is 0 Å². The van der Waals surface area contributed by atoms with Crippen molar-refractivity contribution in [3.63, 3.8) is 0 Å². The number of halogens is 1. The zero-order valence-corrected chi connectivity index (χ0v) is 29.2. The van der Waals surface area contributed by atoms with Crippen molar-refractivity contribution in [2.75, 3.05) is 32.7 Å². The van der Waals surface area contributed by atoms with Gasteiger partial charge >= 0.3 is 13.7 Å². The summed E-state index contributed by atoms with van der Waals surface area (Å²) >= 11 is 1.92. The largest absolute Gasteiger partial charge is 0.479 e. The van der Waals surface area contributed by atoms with Gasteiger partial charge in [0.05, 0.1) is 32.4 Å². The quantitative estimate of drug-likeness (QED) is 0.0740. The third-order valence-corrected chi connectivity index (χ3v) is 10.4. The molecule has 48 heavy (non-hydrogen) atoms. The number of anilines is 1. The number of methoxy groups -OCH3 is 1. The maximum atomic E-state index is 14.3. The summed E-state index contributed by atoms with van der Waals surface area (Å²) in [6.07, 6.45) is -1.63. The first-order chi connectivity index (χ1) is 22.9. The zero-order chi connectivity index (χ0) is 34.2. The fourth-order valence-electron chi connectivity index (χ4n) is 5.50. The van der Waals surface area contributed by atoms with E-state index in [0.717, 1.165) is 0 Å². The van der Waals surface area contributed by atoms with Crippen LogP contribution in [0, 0.1) is 3.83 Å². The molecule has 2 saturated heterocycles. The molecular weight excluding hydrogens is 764 g/mol. The molecule has 2 aliphatic rings. The summed E-state index contributed by atoms with van der Waals surface area (Å²) in [7, 11) is -2.99. The van der Waals surface area contributed by atoms with Crippen molar-refractivity contribution in [2.24, 2.45) is 0 Å². The van der Waals surface area contributed by atoms with Gasteiger partial charge in [0, 0.05) is 47.0 Å². The molecule has 6 rings (SSSR count). The maximum absolute atomic E-state index is 14.3. The van der Waals surface area contributed by atoms with Gasteiger partial charge < -0.3 is 39.4 Å². The molecule has 258 valence electrons. The van der Waals surface area contributed by atoms with Crippen molar-refractivity contribution in [3.8, 4) is 11.6 Å². The van der Waals surface area contributed by atoms with Gasteiger partial charge in [-0.2, -0.15) is 15.1 Å². The van der Waals surface area contributed by atoms with Crippen molar-refractivity contribution in [3.05, 3.63) is 40.4 Å². The molecule has 6 atom stereocenters. The number of aromatic nitrogens is 5. The van der Waals surface area contributed by atoms with Crippen LogP contribution >= 0.6 is 30.3 Å². The lowest BCUT2D eigenvalue weighted by Gasteiger charge is -2.28. The van der Waals surface area contributed by atoms with Gasteiger partial charge in [0.25, 0.3) is 0 Å². The Bertz CT molecular complexity index is 1860. The number of imidazole rings is 1. The number of nitrogens with zero attached hydrogens (tertiary/aromatic N) is 5. The average molecular weight is 800 g/mol. The third kappa shape index (κ3) is 7.07. The first-order valence-electron chi connectivity index (χ1n) is 15.0. The van der Waals surface area contributed by atoms with Crippen LogP contribution in [0.25, 0.3) is 22.1 Å². The van der Waals surface area contributed by atoms with Gasteiger partial charge in [-0.1, -0.05) is 6.07 Å². The molecule has 0 aliphatic carbocycles. The first-order valence-corrected chi connectivity index (χ1v) is 17.7. The van der Waals surface area contributed by atoms with E-state index >= 15 is 0 Å². The van der Waals surface area contributed by atoms with E-state index in [-0.39, 0.29) is 34.8 Å². The second kappa shape index (κ2) is 13.9. The summed E-state index contributed by atoms with van der Waals surface area (Å²) < 4.78 is 50.2. The number of carbonyl (C=O) groups excluding carboxylic acids is 1. The molecule has 0 amide bonds. The van der Waals surface area contributed by atoms with Crippen LogP contribution in [0.5, 0.6) is 11.6 Å². The van der Waals surface area contributed by atoms with Crippen LogP contribution in [-0.4, -0.2) is 97.6 Å². The fourth-order valence-corrected chi connectivity index (χ4v) is 7.72. The highest BCUT2D eigenvalue weighted by Gasteiger charge is 2.55. The monoisotopic (exact) mass is 799 g/mol. The molecule has 2 aliphatic heterocycles. The van der Waals surface area contributed by atoms with Crippen LogP contribution in [0.4, 0.5) is 5.95 Å². The van der Waals surface area contributed by atoms with E-state index in [2.05, 4.69) is 25.0 Å². The summed E-state index contributed by atoms with van der Waals surface area (Å²) in [5.74, 6) is -0.478. The van der Waals surface area contributed by atoms with Gasteiger partial charge in [-0.05, 0) is 38.1 Å². The molecule has 19 heteroatoms. The number of ether oxygens (including phenoxy) is 4. The molecule has 0 bridgehead atoms. The molecule has 0 saturated carbocycles. The Morgan fingerprint density at radius 2 is 2.04 bits per heavy atom. The number of nitrogens with one attached hydrogen (secondary N) is 1. The van der Waals surface area contributed by atoms with Crippen molar-refractivity contribution in [1.29, 1.82) is 0 Å². The number of aliphatic hydroxyl groups is 2. The highest BCUT2D eigenvalue weighted by Crippen LogP contribution is 2.48. The van der Waals surface area contributed by atoms with E-state index in [1.54, 1.807) is 30.5 Å². The molecule has 2 fully saturated rings. The van der Waals surface area contributed by atoms with E-state index in [0.29, 0.717) is 40.8 Å². The molecule has 5 N–H and O–H groups in total. The van der Waals surface area contributed by atoms with Gasteiger partial charge in [0.15, 0.2) is 21.2 Å². The summed E-state index contributed by atoms with van der Waals surface area (Å²) in [5.41, 5.74) is 5.11. The lowest BCUT2D eigenvalue weighted by molar-refractivity contribution is -0.154. The van der Waals surface area contributed by atoms with Crippen molar-refractivity contribution >= 4 is 64.3 Å². The van der Waals surface area contributed by atoms with E-state index in [1.807, 2.05) is 28.7 Å². The minimum atomic E-state index is -4.39. The Morgan fingerprint density at radius 1 is 1.27 bits per heavy atom. The first kappa shape index (κ1) is 34.6. The van der Waals surface area contributed by atoms with E-state index < -0.39 is 50.4 Å². The van der Waals surface area contributed by atoms with E-state index in [1.165, 1.54) is 25.5 Å². The highest BCUT2D eigenvalue weighted by molar-refractivity contribution is 14.1. The number of hydrogen-bond donors (Lipinski definition) is 4. The average Bonchev–Trinajstić information content (AvgIpc) is 3.50. The highest BCUT2D eigenvalue weighted by atomic mass is 127. The number of nitrogen functional groups attached to an aromatic ring is 1. The second-order valence-electron chi connectivity index (χ2n) is 11.6. The number of aliphatic hydroxyl groups excluding tert-OH is 1. The SMILES string of the molecule is COc1nc(N)nc2c1nc(I)n2[C@@H]1O[C@H](COP(=O)(NC(C)C(=O)OC2CCOCC2)Oc2ccc3ncccc3c2)[C@@H](O)[C@@]1(C)O. The molecule has 0 radical (unpaired) electrons. The molecule has 4 aromatic rings. The predicted molar refractivity (Wildman–Crippen MR) is 178 cm³/mol. The summed E-state index contributed by atoms with van der Waals surface area (Å²) in [5, 5.41) is 26.1. The molecule has 17 nitrogen and oxygen atoms in total. The van der Waals surface area contributed by atoms with E-state index in [4.69, 9.17) is 33.7 Å². The summed E-state index contributed by atoms with van der Waals surface area (Å²) in [6, 6.07) is 7.31. The number of hydrogen-bond acceptors (Lipinski definition) is 15. The molecule has 1 aromatic carbocycles. The van der Waals surface area contributed by atoms with Crippen LogP contribution in [0.3, 0.4) is 0 Å². The van der Waals surface area contributed by atoms with Crippen LogP contribution in [0.1, 0.15) is 32.9 Å². The minimum absolute atomic E-state index is 0.104. The van der Waals surface area contributed by atoms with Gasteiger partial charge in [-0.3, -0.25) is 18.9 Å². The maximum Gasteiger partial charge on any atom is 0.459 e. The third-order valence-electron chi connectivity index (χ3n) is 8.03. The number of pyridine rings is 1. The normalized spacial score (nSPS) is 25.2. The molecular formula is C29H35IN7O10P. The standard InChI is InChI=1S/C29H35IN7O10P/c1-15(25(39)45-17-8-11-43-12-9-17)36-48(41,47-18-6-7-19-16(13-18)5-4-10-32-19)44-14-20-22(38)29(2,40)26(46-20)37-23-21(33-27(37)30)24(42-3)35-28(31)34-23/h4-7,10,13,15,17,20,22,26,38,40H,8-9,11-12,14H2,1-3H3,(H,36,41)(H2,31,34,35)/t15?,20-,22-,26-,29-,48?/m1/s1. The summed E-state index contributed by atoms with van der Waals surface area (Å²) in [4.78, 5) is 30.0. The molecule has 2 unspecified atom stereocenters. The number of fused-ring (bicyclic) bond motifs is 2. The van der Waals surface area contributed by atoms with Crippen molar-refractivity contribution < 1.29 is 47.6 Å². The number of esters is 1. The molecule has 0 spiro atoms. The van der Waals surface area contributed by atoms with Crippen LogP contribution in [-0.2, 0) is 28.1 Å². The summed E-state index contributed by atoms with van der Waals surface area (Å²) in [6.45, 7) is 3.26. The van der Waals surface area contributed by atoms with Gasteiger partial charge in [-0.25, -0.2) is 9.55 Å². The Morgan fingerprint density at radius 3 is 2.79 bits per heavy atom. The Kier molecular flexibility index (Phi) is 10.1. The second-order valence-corrected chi connectivity index (χ2v) is 14.2. The van der Waals surface area contributed by atoms with Gasteiger partial charge in [0.1, 0.15) is 35.7 Å². The topological polar surface area (TPSA) is 225 Å². The lowest BCUT2D eigenvalue weighted by atomic mass is 9.96. The smallest absolute Gasteiger partial charge is 0.459 e. The van der Waals surface area contributed by atoms with Crippen molar-refractivity contribution in [2.45, 2.75) is 62.9 Å². The van der Waals surface area contributed by atoms with Crippen LogP contribution < -0.4 is 20.1 Å². The van der Waals surface area contributed by atoms with E-state index in [9.17, 15) is 19.6 Å². The van der Waals surface area contributed by atoms with Gasteiger partial charge in [-0.15, -0.1) is 0 Å². The Hall–Kier alpha value is -3.23. The van der Waals surface area contributed by atoms with Crippen LogP contribution in [0.15, 0.2) is 36.5 Å². The zero-order valence-electron chi connectivity index (χ0n) is 26.2. The molecule has 5 heterocycles. The number of benzene rings is 1. The van der Waals surface area contributed by atoms with Crippen molar-refractivity contribution in [1.82, 2.24) is 29.6 Å². The Labute approximate surface area is 288 Å². The lowest BCUT2D eigenvalue weighted by Crippen LogP contribution is -2.45. The minimum Gasteiger partial charge on any atom is -0.479 e. The number of rotatable bonds is 11. The van der Waals surface area contributed by atoms with Gasteiger partial charge in [0.2, 0.25) is 11.8 Å². The number of carbonyl (C=O) groups is 1. The fraction of sp³-hybridized carbons (Fsp3) is 0.483. The predicted octanol–water partition coefficient (Wildman–Crippen LogP) is 2.48. The number of nitrogens with two attached hydrogens (primary N) is 1. The molecule has 3 aromatic heterocycles.